The van der Waals surface area contributed by atoms with Crippen molar-refractivity contribution in [2.24, 2.45) is 7.05 Å². The van der Waals surface area contributed by atoms with Crippen molar-refractivity contribution in [3.05, 3.63) is 33.9 Å². The maximum atomic E-state index is 6.41. The van der Waals surface area contributed by atoms with Gasteiger partial charge in [-0.1, -0.05) is 35.3 Å². The summed E-state index contributed by atoms with van der Waals surface area (Å²) >= 11 is 12.6. The zero-order valence-electron chi connectivity index (χ0n) is 9.33. The first kappa shape index (κ1) is 10.8. The van der Waals surface area contributed by atoms with E-state index in [0.29, 0.717) is 10.0 Å². The van der Waals surface area contributed by atoms with E-state index >= 15 is 0 Å². The van der Waals surface area contributed by atoms with Crippen LogP contribution in [0.15, 0.2) is 18.2 Å². The summed E-state index contributed by atoms with van der Waals surface area (Å²) in [7, 11) is 1.85. The average Bonchev–Trinajstić information content (AvgIpc) is 2.57. The molecule has 5 heteroatoms. The zero-order chi connectivity index (χ0) is 12.2. The van der Waals surface area contributed by atoms with Gasteiger partial charge < -0.3 is 0 Å². The number of benzene rings is 1. The maximum absolute atomic E-state index is 6.41. The van der Waals surface area contributed by atoms with E-state index in [1.165, 1.54) is 0 Å². The minimum Gasteiger partial charge on any atom is -0.250 e. The van der Waals surface area contributed by atoms with Crippen molar-refractivity contribution in [1.29, 1.82) is 0 Å². The number of hydrogen-bond acceptors (Lipinski definition) is 2. The SMILES string of the molecule is Cc1nn(C)c2nc3c(Cl)cccc3c(Cl)c12. The molecule has 0 radical (unpaired) electrons. The Hall–Kier alpha value is -1.32. The van der Waals surface area contributed by atoms with Crippen LogP contribution in [-0.2, 0) is 7.05 Å². The van der Waals surface area contributed by atoms with Crippen LogP contribution in [0.25, 0.3) is 21.9 Å². The molecule has 2 heterocycles. The molecule has 0 aliphatic heterocycles. The van der Waals surface area contributed by atoms with Gasteiger partial charge in [-0.05, 0) is 13.0 Å². The summed E-state index contributed by atoms with van der Waals surface area (Å²) in [5.41, 5.74) is 2.35. The Morgan fingerprint density at radius 2 is 2.00 bits per heavy atom. The van der Waals surface area contributed by atoms with Gasteiger partial charge in [0.25, 0.3) is 0 Å². The summed E-state index contributed by atoms with van der Waals surface area (Å²) in [4.78, 5) is 4.54. The van der Waals surface area contributed by atoms with Crippen molar-refractivity contribution in [3.63, 3.8) is 0 Å². The molecule has 0 fully saturated rings. The van der Waals surface area contributed by atoms with Gasteiger partial charge in [0.15, 0.2) is 5.65 Å². The smallest absolute Gasteiger partial charge is 0.160 e. The van der Waals surface area contributed by atoms with Crippen molar-refractivity contribution in [3.8, 4) is 0 Å². The van der Waals surface area contributed by atoms with Crippen LogP contribution in [0.2, 0.25) is 10.0 Å². The second-order valence-corrected chi connectivity index (χ2v) is 4.75. The maximum Gasteiger partial charge on any atom is 0.160 e. The third-order valence-corrected chi connectivity index (χ3v) is 3.55. The van der Waals surface area contributed by atoms with E-state index in [1.54, 1.807) is 4.68 Å². The lowest BCUT2D eigenvalue weighted by molar-refractivity contribution is 0.775. The van der Waals surface area contributed by atoms with Gasteiger partial charge in [-0.25, -0.2) is 4.98 Å². The fraction of sp³-hybridized carbons (Fsp3) is 0.167. The quantitative estimate of drug-likeness (QED) is 0.620. The van der Waals surface area contributed by atoms with Crippen LogP contribution in [0.5, 0.6) is 0 Å². The molecule has 0 atom stereocenters. The molecule has 0 aliphatic rings. The number of nitrogens with zero attached hydrogens (tertiary/aromatic N) is 3. The van der Waals surface area contributed by atoms with Crippen LogP contribution >= 0.6 is 23.2 Å². The molecule has 3 nitrogen and oxygen atoms in total. The zero-order valence-corrected chi connectivity index (χ0v) is 10.8. The highest BCUT2D eigenvalue weighted by Gasteiger charge is 2.15. The number of fused-ring (bicyclic) bond motifs is 2. The molecule has 0 amide bonds. The van der Waals surface area contributed by atoms with E-state index in [2.05, 4.69) is 10.1 Å². The molecule has 3 rings (SSSR count). The number of halogens is 2. The van der Waals surface area contributed by atoms with Gasteiger partial charge in [0.2, 0.25) is 0 Å². The minimum absolute atomic E-state index is 0.602. The largest absolute Gasteiger partial charge is 0.250 e. The first-order valence-corrected chi connectivity index (χ1v) is 5.92. The number of rotatable bonds is 0. The molecule has 86 valence electrons. The molecule has 1 aromatic carbocycles. The Morgan fingerprint density at radius 3 is 2.76 bits per heavy atom. The lowest BCUT2D eigenvalue weighted by atomic mass is 10.1. The highest BCUT2D eigenvalue weighted by molar-refractivity contribution is 6.42. The summed E-state index contributed by atoms with van der Waals surface area (Å²) in [5.74, 6) is 0. The van der Waals surface area contributed by atoms with Gasteiger partial charge in [-0.3, -0.25) is 4.68 Å². The summed E-state index contributed by atoms with van der Waals surface area (Å²) in [6, 6.07) is 5.60. The fourth-order valence-electron chi connectivity index (χ4n) is 2.08. The molecule has 17 heavy (non-hydrogen) atoms. The van der Waals surface area contributed by atoms with Crippen molar-refractivity contribution < 1.29 is 0 Å². The number of hydrogen-bond donors (Lipinski definition) is 0. The number of aryl methyl sites for hydroxylation is 2. The first-order chi connectivity index (χ1) is 8.09. The van der Waals surface area contributed by atoms with Crippen LogP contribution in [0.1, 0.15) is 5.69 Å². The Labute approximate surface area is 108 Å². The van der Waals surface area contributed by atoms with Gasteiger partial charge in [-0.2, -0.15) is 5.10 Å². The lowest BCUT2D eigenvalue weighted by Crippen LogP contribution is -1.92. The lowest BCUT2D eigenvalue weighted by Gasteiger charge is -2.04. The number of aromatic nitrogens is 3. The molecule has 0 unspecified atom stereocenters. The van der Waals surface area contributed by atoms with E-state index in [9.17, 15) is 0 Å². The first-order valence-electron chi connectivity index (χ1n) is 5.16. The molecule has 0 saturated carbocycles. The Kier molecular flexibility index (Phi) is 2.28. The fourth-order valence-corrected chi connectivity index (χ4v) is 2.67. The third-order valence-electron chi connectivity index (χ3n) is 2.85. The molecule has 0 bridgehead atoms. The minimum atomic E-state index is 0.602. The number of para-hydroxylation sites is 1. The van der Waals surface area contributed by atoms with Crippen molar-refractivity contribution in [2.45, 2.75) is 6.92 Å². The van der Waals surface area contributed by atoms with E-state index in [4.69, 9.17) is 23.2 Å². The highest BCUT2D eigenvalue weighted by Crippen LogP contribution is 2.34. The summed E-state index contributed by atoms with van der Waals surface area (Å²) < 4.78 is 1.72. The van der Waals surface area contributed by atoms with Gasteiger partial charge in [-0.15, -0.1) is 0 Å². The Morgan fingerprint density at radius 1 is 1.24 bits per heavy atom. The van der Waals surface area contributed by atoms with Crippen molar-refractivity contribution >= 4 is 45.1 Å². The predicted molar refractivity (Wildman–Crippen MR) is 70.8 cm³/mol. The van der Waals surface area contributed by atoms with Crippen LogP contribution < -0.4 is 0 Å². The Bertz CT molecular complexity index is 746. The van der Waals surface area contributed by atoms with Crippen LogP contribution in [-0.4, -0.2) is 14.8 Å². The van der Waals surface area contributed by atoms with E-state index in [1.807, 2.05) is 32.2 Å². The van der Waals surface area contributed by atoms with E-state index in [-0.39, 0.29) is 0 Å². The van der Waals surface area contributed by atoms with Crippen LogP contribution in [0.4, 0.5) is 0 Å². The molecule has 0 N–H and O–H groups in total. The van der Waals surface area contributed by atoms with Gasteiger partial charge in [0, 0.05) is 12.4 Å². The van der Waals surface area contributed by atoms with Gasteiger partial charge in [0.1, 0.15) is 0 Å². The normalized spacial score (nSPS) is 11.5. The monoisotopic (exact) mass is 265 g/mol. The predicted octanol–water partition coefficient (Wildman–Crippen LogP) is 3.74. The molecular formula is C12H9Cl2N3. The van der Waals surface area contributed by atoms with E-state index < -0.39 is 0 Å². The molecule has 3 aromatic rings. The second kappa shape index (κ2) is 3.59. The van der Waals surface area contributed by atoms with Crippen molar-refractivity contribution in [2.75, 3.05) is 0 Å². The van der Waals surface area contributed by atoms with Crippen LogP contribution in [0, 0.1) is 6.92 Å². The standard InChI is InChI=1S/C12H9Cl2N3/c1-6-9-10(14)7-4-3-5-8(13)11(7)15-12(9)17(2)16-6/h3-5H,1-2H3. The summed E-state index contributed by atoms with van der Waals surface area (Å²) in [5, 5.41) is 7.35. The number of pyridine rings is 1. The average molecular weight is 266 g/mol. The highest BCUT2D eigenvalue weighted by atomic mass is 35.5. The topological polar surface area (TPSA) is 30.7 Å². The van der Waals surface area contributed by atoms with E-state index in [0.717, 1.165) is 27.6 Å². The summed E-state index contributed by atoms with van der Waals surface area (Å²) in [6.07, 6.45) is 0. The van der Waals surface area contributed by atoms with Gasteiger partial charge in [0.05, 0.1) is 26.6 Å². The molecular weight excluding hydrogens is 257 g/mol. The van der Waals surface area contributed by atoms with Crippen LogP contribution in [0.3, 0.4) is 0 Å². The second-order valence-electron chi connectivity index (χ2n) is 3.97. The van der Waals surface area contributed by atoms with Gasteiger partial charge >= 0.3 is 0 Å². The molecule has 0 saturated heterocycles. The molecule has 0 aliphatic carbocycles. The third kappa shape index (κ3) is 1.43. The molecule has 2 aromatic heterocycles. The molecule has 0 spiro atoms. The Balaban J connectivity index is 2.64. The van der Waals surface area contributed by atoms with Crippen molar-refractivity contribution in [1.82, 2.24) is 14.8 Å². The summed E-state index contributed by atoms with van der Waals surface area (Å²) in [6.45, 7) is 1.92.